The molecule has 1 aliphatic heterocycles. The van der Waals surface area contributed by atoms with Gasteiger partial charge in [-0.2, -0.15) is 0 Å². The molecule has 1 fully saturated rings. The predicted octanol–water partition coefficient (Wildman–Crippen LogP) is 5.12. The summed E-state index contributed by atoms with van der Waals surface area (Å²) in [5.74, 6) is 1.50. The fourth-order valence-electron chi connectivity index (χ4n) is 3.09. The second kappa shape index (κ2) is 5.36. The number of nitrogens with zero attached hydrogens (tertiary/aromatic N) is 1. The van der Waals surface area contributed by atoms with E-state index in [1.54, 1.807) is 0 Å². The zero-order chi connectivity index (χ0) is 14.2. The summed E-state index contributed by atoms with van der Waals surface area (Å²) < 4.78 is 0. The van der Waals surface area contributed by atoms with Gasteiger partial charge in [0.25, 0.3) is 0 Å². The number of piperidine rings is 1. The van der Waals surface area contributed by atoms with Crippen molar-refractivity contribution < 1.29 is 0 Å². The first kappa shape index (κ1) is 14.7. The van der Waals surface area contributed by atoms with Crippen LogP contribution in [-0.4, -0.2) is 13.1 Å². The Morgan fingerprint density at radius 2 is 1.68 bits per heavy atom. The minimum atomic E-state index is 0.157. The smallest absolute Gasteiger partial charge is 0.0642 e. The van der Waals surface area contributed by atoms with Crippen molar-refractivity contribution in [3.8, 4) is 0 Å². The summed E-state index contributed by atoms with van der Waals surface area (Å²) in [5, 5.41) is 0.897. The standard InChI is InChI=1S/C17H26ClN/c1-12-8-13(2)11-19(10-12)16-7-6-14(9-15(16)18)17(3,4)5/h6-7,9,12-13H,8,10-11H2,1-5H3. The first-order valence-electron chi connectivity index (χ1n) is 7.32. The zero-order valence-electron chi connectivity index (χ0n) is 12.8. The molecule has 1 aliphatic rings. The molecule has 0 bridgehead atoms. The maximum absolute atomic E-state index is 6.52. The maximum Gasteiger partial charge on any atom is 0.0642 e. The van der Waals surface area contributed by atoms with E-state index < -0.39 is 0 Å². The van der Waals surface area contributed by atoms with E-state index in [9.17, 15) is 0 Å². The first-order chi connectivity index (χ1) is 8.77. The van der Waals surface area contributed by atoms with Crippen LogP contribution in [0.25, 0.3) is 0 Å². The van der Waals surface area contributed by atoms with Crippen LogP contribution in [0.1, 0.15) is 46.6 Å². The lowest BCUT2D eigenvalue weighted by Crippen LogP contribution is -2.38. The molecule has 1 heterocycles. The third-order valence-corrected chi connectivity index (χ3v) is 4.33. The van der Waals surface area contributed by atoms with Crippen molar-refractivity contribution in [1.29, 1.82) is 0 Å². The molecule has 106 valence electrons. The molecule has 0 spiro atoms. The molecule has 2 heteroatoms. The van der Waals surface area contributed by atoms with Crippen LogP contribution < -0.4 is 4.90 Å². The molecule has 0 aliphatic carbocycles. The van der Waals surface area contributed by atoms with Crippen LogP contribution in [0.3, 0.4) is 0 Å². The van der Waals surface area contributed by atoms with Gasteiger partial charge in [-0.25, -0.2) is 0 Å². The molecule has 2 unspecified atom stereocenters. The highest BCUT2D eigenvalue weighted by atomic mass is 35.5. The number of hydrogen-bond donors (Lipinski definition) is 0. The predicted molar refractivity (Wildman–Crippen MR) is 85.3 cm³/mol. The van der Waals surface area contributed by atoms with Gasteiger partial charge in [0.2, 0.25) is 0 Å². The molecule has 0 radical (unpaired) electrons. The van der Waals surface area contributed by atoms with Gasteiger partial charge >= 0.3 is 0 Å². The Balaban J connectivity index is 2.26. The highest BCUT2D eigenvalue weighted by Gasteiger charge is 2.24. The van der Waals surface area contributed by atoms with Crippen molar-refractivity contribution in [2.75, 3.05) is 18.0 Å². The van der Waals surface area contributed by atoms with Gasteiger partial charge < -0.3 is 4.90 Å². The maximum atomic E-state index is 6.52. The molecule has 1 aromatic rings. The monoisotopic (exact) mass is 279 g/mol. The molecule has 1 saturated heterocycles. The van der Waals surface area contributed by atoms with Gasteiger partial charge in [0.1, 0.15) is 0 Å². The minimum absolute atomic E-state index is 0.157. The molecule has 19 heavy (non-hydrogen) atoms. The second-order valence-corrected chi connectivity index (χ2v) is 7.67. The average molecular weight is 280 g/mol. The molecular formula is C17H26ClN. The van der Waals surface area contributed by atoms with Gasteiger partial charge in [-0.05, 0) is 41.4 Å². The van der Waals surface area contributed by atoms with E-state index in [0.29, 0.717) is 0 Å². The number of benzene rings is 1. The van der Waals surface area contributed by atoms with Crippen LogP contribution in [0.2, 0.25) is 5.02 Å². The normalized spacial score (nSPS) is 24.6. The van der Waals surface area contributed by atoms with Crippen LogP contribution in [0, 0.1) is 11.8 Å². The topological polar surface area (TPSA) is 3.24 Å². The van der Waals surface area contributed by atoms with Crippen molar-refractivity contribution >= 4 is 17.3 Å². The summed E-state index contributed by atoms with van der Waals surface area (Å²) in [5.41, 5.74) is 2.66. The Morgan fingerprint density at radius 3 is 2.16 bits per heavy atom. The van der Waals surface area contributed by atoms with Crippen molar-refractivity contribution in [2.24, 2.45) is 11.8 Å². The fraction of sp³-hybridized carbons (Fsp3) is 0.647. The Kier molecular flexibility index (Phi) is 4.15. The lowest BCUT2D eigenvalue weighted by molar-refractivity contribution is 0.357. The number of anilines is 1. The van der Waals surface area contributed by atoms with Gasteiger partial charge in [-0.15, -0.1) is 0 Å². The largest absolute Gasteiger partial charge is 0.370 e. The molecule has 0 N–H and O–H groups in total. The molecule has 1 aromatic carbocycles. The van der Waals surface area contributed by atoms with Crippen LogP contribution >= 0.6 is 11.6 Å². The van der Waals surface area contributed by atoms with Gasteiger partial charge in [0.05, 0.1) is 10.7 Å². The molecule has 0 amide bonds. The van der Waals surface area contributed by atoms with Crippen LogP contribution in [0.5, 0.6) is 0 Å². The molecule has 1 nitrogen and oxygen atoms in total. The van der Waals surface area contributed by atoms with Crippen molar-refractivity contribution in [1.82, 2.24) is 0 Å². The van der Waals surface area contributed by atoms with Gasteiger partial charge in [-0.1, -0.05) is 52.3 Å². The first-order valence-corrected chi connectivity index (χ1v) is 7.70. The summed E-state index contributed by atoms with van der Waals surface area (Å²) in [7, 11) is 0. The zero-order valence-corrected chi connectivity index (χ0v) is 13.6. The molecule has 0 aromatic heterocycles. The summed E-state index contributed by atoms with van der Waals surface area (Å²) in [6.45, 7) is 13.6. The summed E-state index contributed by atoms with van der Waals surface area (Å²) in [4.78, 5) is 2.45. The Bertz CT molecular complexity index is 437. The lowest BCUT2D eigenvalue weighted by atomic mass is 9.86. The van der Waals surface area contributed by atoms with Gasteiger partial charge in [0, 0.05) is 13.1 Å². The SMILES string of the molecule is CC1CC(C)CN(c2ccc(C(C)(C)C)cc2Cl)C1. The molecule has 0 saturated carbocycles. The summed E-state index contributed by atoms with van der Waals surface area (Å²) >= 11 is 6.52. The Hall–Kier alpha value is -0.690. The van der Waals surface area contributed by atoms with E-state index >= 15 is 0 Å². The van der Waals surface area contributed by atoms with Crippen LogP contribution in [-0.2, 0) is 5.41 Å². The number of rotatable bonds is 1. The lowest BCUT2D eigenvalue weighted by Gasteiger charge is -2.37. The third-order valence-electron chi connectivity index (χ3n) is 4.02. The summed E-state index contributed by atoms with van der Waals surface area (Å²) in [6, 6.07) is 6.57. The van der Waals surface area contributed by atoms with E-state index in [1.807, 2.05) is 0 Å². The van der Waals surface area contributed by atoms with Crippen LogP contribution in [0.15, 0.2) is 18.2 Å². The highest BCUT2D eigenvalue weighted by molar-refractivity contribution is 6.33. The van der Waals surface area contributed by atoms with Crippen molar-refractivity contribution in [3.63, 3.8) is 0 Å². The fourth-order valence-corrected chi connectivity index (χ4v) is 3.39. The summed E-state index contributed by atoms with van der Waals surface area (Å²) in [6.07, 6.45) is 1.33. The number of hydrogen-bond acceptors (Lipinski definition) is 1. The molecule has 2 atom stereocenters. The quantitative estimate of drug-likeness (QED) is 0.690. The van der Waals surface area contributed by atoms with Crippen molar-refractivity contribution in [3.05, 3.63) is 28.8 Å². The van der Waals surface area contributed by atoms with Gasteiger partial charge in [-0.3, -0.25) is 0 Å². The second-order valence-electron chi connectivity index (χ2n) is 7.27. The van der Waals surface area contributed by atoms with Crippen molar-refractivity contribution in [2.45, 2.75) is 46.5 Å². The van der Waals surface area contributed by atoms with E-state index in [2.05, 4.69) is 57.7 Å². The van der Waals surface area contributed by atoms with E-state index in [-0.39, 0.29) is 5.41 Å². The minimum Gasteiger partial charge on any atom is -0.370 e. The van der Waals surface area contributed by atoms with E-state index in [0.717, 1.165) is 29.9 Å². The van der Waals surface area contributed by atoms with E-state index in [4.69, 9.17) is 11.6 Å². The van der Waals surface area contributed by atoms with Crippen LogP contribution in [0.4, 0.5) is 5.69 Å². The highest BCUT2D eigenvalue weighted by Crippen LogP contribution is 2.34. The molecular weight excluding hydrogens is 254 g/mol. The Morgan fingerprint density at radius 1 is 1.11 bits per heavy atom. The number of halogens is 1. The average Bonchev–Trinajstić information content (AvgIpc) is 2.26. The van der Waals surface area contributed by atoms with E-state index in [1.165, 1.54) is 17.7 Å². The Labute approximate surface area is 123 Å². The molecule has 2 rings (SSSR count). The van der Waals surface area contributed by atoms with Gasteiger partial charge in [0.15, 0.2) is 0 Å². The third kappa shape index (κ3) is 3.45.